The van der Waals surface area contributed by atoms with E-state index >= 15 is 0 Å². The Balaban J connectivity index is -0.0000000800. The maximum absolute atomic E-state index is 8.55. The number of hydrogen-bond donors (Lipinski definition) is 0. The van der Waals surface area contributed by atoms with Crippen LogP contribution in [0.4, 0.5) is 0 Å². The Kier molecular flexibility index (Phi) is 12.2. The first-order valence-electron chi connectivity index (χ1n) is 0.730. The first-order valence-corrected chi connectivity index (χ1v) is 2.19. The van der Waals surface area contributed by atoms with Gasteiger partial charge in [-0.15, -0.1) is 0 Å². The Bertz CT molecular complexity index is 57.8. The van der Waals surface area contributed by atoms with Crippen LogP contribution in [0.3, 0.4) is 0 Å². The zero-order chi connectivity index (χ0) is 4.50. The summed E-state index contributed by atoms with van der Waals surface area (Å²) in [5, 5.41) is 0. The molecule has 0 saturated carbocycles. The summed E-state index contributed by atoms with van der Waals surface area (Å²) in [6.45, 7) is 0. The predicted octanol–water partition coefficient (Wildman–Crippen LogP) is -3.59. The van der Waals surface area contributed by atoms with E-state index in [1.165, 1.54) is 0 Å². The molecule has 7 heavy (non-hydrogen) atoms. The molecule has 0 aliphatic rings. The topological polar surface area (TPSA) is 86.2 Å². The molecule has 0 bridgehead atoms. The van der Waals surface area contributed by atoms with Gasteiger partial charge in [-0.3, -0.25) is 0 Å². The second kappa shape index (κ2) is 5.44. The van der Waals surface area contributed by atoms with E-state index in [9.17, 15) is 0 Å². The largest absolute Gasteiger partial charge is 3.00 e. The van der Waals surface area contributed by atoms with E-state index in [2.05, 4.69) is 0 Å². The normalized spacial score (nSPS) is 8.43. The van der Waals surface area contributed by atoms with Crippen LogP contribution in [0.25, 0.3) is 0 Å². The van der Waals surface area contributed by atoms with Gasteiger partial charge in [0.1, 0.15) is 0 Å². The van der Waals surface area contributed by atoms with Crippen molar-refractivity contribution in [2.45, 2.75) is 0 Å². The van der Waals surface area contributed by atoms with Crippen LogP contribution in [0.5, 0.6) is 0 Å². The number of phosphoric acid groups is 1. The molecule has 34 valence electrons. The minimum Gasteiger partial charge on any atom is -0.822 e. The Morgan fingerprint density at radius 2 is 1.14 bits per heavy atom. The maximum Gasteiger partial charge on any atom is 3.00 e. The molecular weight excluding hydrogens is 240 g/mol. The van der Waals surface area contributed by atoms with Crippen LogP contribution >= 0.6 is 7.82 Å². The smallest absolute Gasteiger partial charge is 0.822 e. The molecule has 7 heteroatoms. The van der Waals surface area contributed by atoms with Gasteiger partial charge in [-0.05, 0) is 0 Å². The van der Waals surface area contributed by atoms with E-state index in [1.807, 2.05) is 0 Å². The van der Waals surface area contributed by atoms with Gasteiger partial charge in [0.25, 0.3) is 0 Å². The van der Waals surface area contributed by atoms with E-state index < -0.39 is 7.82 Å². The van der Waals surface area contributed by atoms with Crippen LogP contribution in [0.2, 0.25) is 0 Å². The molecule has 0 unspecified atom stereocenters. The fraction of sp³-hybridized carbons (Fsp3) is 0. The second-order valence-corrected chi connectivity index (χ2v) is 1.34. The minimum absolute atomic E-state index is 0. The van der Waals surface area contributed by atoms with Gasteiger partial charge < -0.3 is 19.2 Å². The van der Waals surface area contributed by atoms with Gasteiger partial charge in [0, 0.05) is 0 Å². The molecule has 2 radical (unpaired) electrons. The van der Waals surface area contributed by atoms with Gasteiger partial charge in [-0.1, -0.05) is 0 Å². The van der Waals surface area contributed by atoms with Crippen LogP contribution in [0, 0.1) is 0 Å². The quantitative estimate of drug-likeness (QED) is 0.323. The van der Waals surface area contributed by atoms with Gasteiger partial charge in [0.05, 0.1) is 0 Å². The minimum atomic E-state index is -5.39. The van der Waals surface area contributed by atoms with Gasteiger partial charge in [-0.2, -0.15) is 7.82 Å². The molecule has 0 rings (SSSR count). The number of hydrogen-bond acceptors (Lipinski definition) is 4. The third kappa shape index (κ3) is 121. The van der Waals surface area contributed by atoms with Crippen LogP contribution < -0.4 is 14.7 Å². The van der Waals surface area contributed by atoms with E-state index in [-0.39, 0.29) is 37.7 Å². The van der Waals surface area contributed by atoms with E-state index in [1.54, 1.807) is 0 Å². The Morgan fingerprint density at radius 3 is 1.14 bits per heavy atom. The molecule has 0 amide bonds. The summed E-state index contributed by atoms with van der Waals surface area (Å²) in [5.41, 5.74) is 0. The van der Waals surface area contributed by atoms with Crippen molar-refractivity contribution in [2.24, 2.45) is 0 Å². The van der Waals surface area contributed by atoms with Crippen molar-refractivity contribution in [1.82, 2.24) is 0 Å². The molecule has 0 aliphatic heterocycles. The van der Waals surface area contributed by atoms with Crippen LogP contribution in [0.1, 0.15) is 0 Å². The zero-order valence-corrected chi connectivity index (χ0v) is 8.30. The van der Waals surface area contributed by atoms with Gasteiger partial charge in [0.2, 0.25) is 0 Å². The van der Waals surface area contributed by atoms with Gasteiger partial charge in [-0.25, -0.2) is 0 Å². The van der Waals surface area contributed by atoms with E-state index in [4.69, 9.17) is 19.2 Å². The Hall–Kier alpha value is 1.30. The molecule has 0 N–H and O–H groups in total. The zero-order valence-electron chi connectivity index (χ0n) is 3.10. The number of rotatable bonds is 0. The first-order chi connectivity index (χ1) is 2.00. The third-order valence-electron chi connectivity index (χ3n) is 0. The summed E-state index contributed by atoms with van der Waals surface area (Å²) in [7, 11) is -5.39. The summed E-state index contributed by atoms with van der Waals surface area (Å²) in [6.07, 6.45) is 0. The Morgan fingerprint density at radius 1 is 1.14 bits per heavy atom. The van der Waals surface area contributed by atoms with Crippen molar-refractivity contribution < 1.29 is 19.2 Å². The van der Waals surface area contributed by atoms with Crippen molar-refractivity contribution in [3.05, 3.63) is 0 Å². The molecule has 0 atom stereocenters. The first kappa shape index (κ1) is 15.7. The van der Waals surface area contributed by atoms with Crippen molar-refractivity contribution in [3.63, 3.8) is 0 Å². The van der Waals surface area contributed by atoms with E-state index in [0.29, 0.717) is 0 Å². The molecule has 0 saturated heterocycles. The third-order valence-corrected chi connectivity index (χ3v) is 0. The van der Waals surface area contributed by atoms with Crippen LogP contribution in [-0.4, -0.2) is 37.7 Å². The van der Waals surface area contributed by atoms with E-state index in [0.717, 1.165) is 0 Å². The van der Waals surface area contributed by atoms with Crippen LogP contribution in [0.15, 0.2) is 0 Å². The Labute approximate surface area is 64.9 Å². The molecule has 4 nitrogen and oxygen atoms in total. The SMILES string of the molecule is O=P([O-])([O-])[O-].[As+3].[Ga+3]. The van der Waals surface area contributed by atoms with Crippen molar-refractivity contribution >= 4 is 45.6 Å². The monoisotopic (exact) mass is 239 g/mol. The average Bonchev–Trinajstić information content (AvgIpc) is 0.722. The molecule has 0 aliphatic carbocycles. The summed E-state index contributed by atoms with van der Waals surface area (Å²) in [4.78, 5) is 25.6. The van der Waals surface area contributed by atoms with Gasteiger partial charge in [0.15, 0.2) is 0 Å². The molecule has 0 heterocycles. The molecule has 0 spiro atoms. The summed E-state index contributed by atoms with van der Waals surface area (Å²) in [5.74, 6) is 0. The molecule has 0 aromatic heterocycles. The molecule has 0 aromatic carbocycles. The summed E-state index contributed by atoms with van der Waals surface area (Å²) >= 11 is 0. The second-order valence-electron chi connectivity index (χ2n) is 0.447. The fourth-order valence-electron chi connectivity index (χ4n) is 0. The van der Waals surface area contributed by atoms with Gasteiger partial charge >= 0.3 is 37.7 Å². The standard InChI is InChI=1S/As.Ga.H3O4P/c;;1-5(2,3)4/h;;(H3,1,2,3,4)/q2*+3;/p-3. The predicted molar refractivity (Wildman–Crippen MR) is 19.1 cm³/mol. The average molecular weight is 240 g/mol. The summed E-state index contributed by atoms with van der Waals surface area (Å²) in [6, 6.07) is 0. The fourth-order valence-corrected chi connectivity index (χ4v) is 0. The van der Waals surface area contributed by atoms with Crippen molar-refractivity contribution in [3.8, 4) is 0 Å². The van der Waals surface area contributed by atoms with Crippen LogP contribution in [-0.2, 0) is 4.57 Å². The molecule has 0 fully saturated rings. The van der Waals surface area contributed by atoms with Crippen molar-refractivity contribution in [1.29, 1.82) is 0 Å². The summed E-state index contributed by atoms with van der Waals surface area (Å²) < 4.78 is 8.55. The molecular formula is AsGaO4P+3. The molecule has 0 aromatic rings. The van der Waals surface area contributed by atoms with Crippen molar-refractivity contribution in [2.75, 3.05) is 0 Å². The maximum atomic E-state index is 8.55.